The van der Waals surface area contributed by atoms with Gasteiger partial charge in [-0.15, -0.1) is 0 Å². The first kappa shape index (κ1) is 11.8. The molecule has 0 aliphatic carbocycles. The summed E-state index contributed by atoms with van der Waals surface area (Å²) in [6, 6.07) is 6.65. The third-order valence-corrected chi connectivity index (χ3v) is 2.30. The Hall–Kier alpha value is -2.63. The van der Waals surface area contributed by atoms with E-state index in [9.17, 15) is 14.0 Å². The fraction of sp³-hybridized carbons (Fsp3) is 0. The topological polar surface area (TPSA) is 88.0 Å². The van der Waals surface area contributed by atoms with E-state index in [0.29, 0.717) is 5.69 Å². The second kappa shape index (κ2) is 4.70. The van der Waals surface area contributed by atoms with Gasteiger partial charge in [-0.2, -0.15) is 0 Å². The van der Waals surface area contributed by atoms with Crippen molar-refractivity contribution in [3.8, 4) is 0 Å². The number of anilines is 2. The zero-order valence-electron chi connectivity index (χ0n) is 9.24. The van der Waals surface area contributed by atoms with Gasteiger partial charge in [-0.1, -0.05) is 0 Å². The summed E-state index contributed by atoms with van der Waals surface area (Å²) < 4.78 is 13.4. The largest absolute Gasteiger partial charge is 0.399 e. The van der Waals surface area contributed by atoms with E-state index in [0.717, 1.165) is 6.07 Å². The van der Waals surface area contributed by atoms with E-state index in [1.54, 1.807) is 0 Å². The summed E-state index contributed by atoms with van der Waals surface area (Å²) >= 11 is 0. The van der Waals surface area contributed by atoms with Crippen molar-refractivity contribution in [3.63, 3.8) is 0 Å². The van der Waals surface area contributed by atoms with Crippen LogP contribution < -0.4 is 16.6 Å². The molecule has 4 N–H and O–H groups in total. The number of hydrogen-bond acceptors (Lipinski definition) is 3. The highest BCUT2D eigenvalue weighted by Crippen LogP contribution is 2.17. The molecule has 0 fully saturated rings. The summed E-state index contributed by atoms with van der Waals surface area (Å²) in [5, 5.41) is 2.29. The quantitative estimate of drug-likeness (QED) is 0.700. The molecule has 5 nitrogen and oxygen atoms in total. The highest BCUT2D eigenvalue weighted by molar-refractivity contribution is 6.04. The molecule has 0 aliphatic heterocycles. The number of amides is 1. The highest BCUT2D eigenvalue weighted by atomic mass is 19.1. The molecule has 0 saturated carbocycles. The van der Waals surface area contributed by atoms with E-state index in [-0.39, 0.29) is 11.3 Å². The summed E-state index contributed by atoms with van der Waals surface area (Å²) in [6.07, 6.45) is 1.40. The summed E-state index contributed by atoms with van der Waals surface area (Å²) in [4.78, 5) is 25.5. The van der Waals surface area contributed by atoms with Gasteiger partial charge in [-0.05, 0) is 30.3 Å². The third-order valence-electron chi connectivity index (χ3n) is 2.30. The maximum atomic E-state index is 13.4. The summed E-state index contributed by atoms with van der Waals surface area (Å²) in [7, 11) is 0. The molecule has 2 aromatic rings. The molecule has 92 valence electrons. The van der Waals surface area contributed by atoms with Gasteiger partial charge in [0, 0.05) is 11.9 Å². The smallest absolute Gasteiger partial charge is 0.261 e. The Balaban J connectivity index is 2.30. The van der Waals surface area contributed by atoms with Crippen LogP contribution in [0.2, 0.25) is 0 Å². The van der Waals surface area contributed by atoms with Crippen LogP contribution in [0.25, 0.3) is 0 Å². The molecule has 1 aromatic carbocycles. The standard InChI is InChI=1S/C12H10FN3O2/c13-9-4-3-7(14)6-10(9)16-12(18)8-2-1-5-15-11(8)17/h1-6H,14H2,(H,15,17)(H,16,18). The van der Waals surface area contributed by atoms with Gasteiger partial charge in [0.2, 0.25) is 0 Å². The minimum absolute atomic E-state index is 0.0664. The van der Waals surface area contributed by atoms with E-state index in [4.69, 9.17) is 5.73 Å². The number of halogens is 1. The summed E-state index contributed by atoms with van der Waals surface area (Å²) in [5.41, 5.74) is 5.09. The zero-order chi connectivity index (χ0) is 13.1. The predicted molar refractivity (Wildman–Crippen MR) is 65.8 cm³/mol. The number of pyridine rings is 1. The molecule has 1 amide bonds. The van der Waals surface area contributed by atoms with E-state index < -0.39 is 17.3 Å². The number of nitrogens with one attached hydrogen (secondary N) is 2. The first-order valence-corrected chi connectivity index (χ1v) is 5.12. The van der Waals surface area contributed by atoms with Gasteiger partial charge in [0.25, 0.3) is 11.5 Å². The Morgan fingerprint density at radius 1 is 1.33 bits per heavy atom. The van der Waals surface area contributed by atoms with Crippen LogP contribution in [0.4, 0.5) is 15.8 Å². The summed E-state index contributed by atoms with van der Waals surface area (Å²) in [5.74, 6) is -1.31. The van der Waals surface area contributed by atoms with Crippen molar-refractivity contribution in [2.75, 3.05) is 11.1 Å². The number of carbonyl (C=O) groups is 1. The molecule has 2 rings (SSSR count). The van der Waals surface area contributed by atoms with Gasteiger partial charge < -0.3 is 16.0 Å². The van der Waals surface area contributed by atoms with Gasteiger partial charge in [0.15, 0.2) is 0 Å². The number of aromatic amines is 1. The molecule has 1 heterocycles. The van der Waals surface area contributed by atoms with Crippen LogP contribution in [0.1, 0.15) is 10.4 Å². The van der Waals surface area contributed by atoms with Crippen molar-refractivity contribution >= 4 is 17.3 Å². The molecule has 0 unspecified atom stereocenters. The Morgan fingerprint density at radius 3 is 2.83 bits per heavy atom. The van der Waals surface area contributed by atoms with Gasteiger partial charge >= 0.3 is 0 Å². The van der Waals surface area contributed by atoms with Crippen molar-refractivity contribution in [2.24, 2.45) is 0 Å². The minimum Gasteiger partial charge on any atom is -0.399 e. The molecule has 0 aliphatic rings. The lowest BCUT2D eigenvalue weighted by molar-refractivity contribution is 0.102. The predicted octanol–water partition coefficient (Wildman–Crippen LogP) is 1.35. The average molecular weight is 247 g/mol. The molecule has 0 atom stereocenters. The maximum Gasteiger partial charge on any atom is 0.261 e. The van der Waals surface area contributed by atoms with E-state index in [1.807, 2.05) is 0 Å². The van der Waals surface area contributed by atoms with Crippen molar-refractivity contribution in [2.45, 2.75) is 0 Å². The SMILES string of the molecule is Nc1ccc(F)c(NC(=O)c2ccc[nH]c2=O)c1. The Morgan fingerprint density at radius 2 is 2.11 bits per heavy atom. The maximum absolute atomic E-state index is 13.4. The minimum atomic E-state index is -0.693. The Labute approximate surface area is 101 Å². The molecule has 18 heavy (non-hydrogen) atoms. The van der Waals surface area contributed by atoms with Crippen LogP contribution in [0.3, 0.4) is 0 Å². The van der Waals surface area contributed by atoms with Crippen molar-refractivity contribution in [1.82, 2.24) is 4.98 Å². The van der Waals surface area contributed by atoms with Gasteiger partial charge in [0.05, 0.1) is 5.69 Å². The number of hydrogen-bond donors (Lipinski definition) is 3. The zero-order valence-corrected chi connectivity index (χ0v) is 9.24. The lowest BCUT2D eigenvalue weighted by atomic mass is 10.2. The number of nitrogens with two attached hydrogens (primary N) is 1. The fourth-order valence-electron chi connectivity index (χ4n) is 1.43. The van der Waals surface area contributed by atoms with Crippen LogP contribution in [-0.4, -0.2) is 10.9 Å². The molecule has 6 heteroatoms. The number of rotatable bonds is 2. The number of nitrogen functional groups attached to an aromatic ring is 1. The number of carbonyl (C=O) groups excluding carboxylic acids is 1. The molecule has 1 aromatic heterocycles. The average Bonchev–Trinajstić information content (AvgIpc) is 2.34. The van der Waals surface area contributed by atoms with E-state index in [1.165, 1.54) is 30.5 Å². The lowest BCUT2D eigenvalue weighted by Crippen LogP contribution is -2.22. The molecular formula is C12H10FN3O2. The normalized spacial score (nSPS) is 10.1. The van der Waals surface area contributed by atoms with Crippen molar-refractivity contribution < 1.29 is 9.18 Å². The first-order valence-electron chi connectivity index (χ1n) is 5.12. The van der Waals surface area contributed by atoms with Crippen LogP contribution in [0.5, 0.6) is 0 Å². The van der Waals surface area contributed by atoms with Crippen molar-refractivity contribution in [3.05, 3.63) is 58.3 Å². The monoisotopic (exact) mass is 247 g/mol. The second-order valence-electron chi connectivity index (χ2n) is 3.61. The van der Waals surface area contributed by atoms with Crippen LogP contribution in [-0.2, 0) is 0 Å². The fourth-order valence-corrected chi connectivity index (χ4v) is 1.43. The molecular weight excluding hydrogens is 237 g/mol. The lowest BCUT2D eigenvalue weighted by Gasteiger charge is -2.06. The molecule has 0 bridgehead atoms. The molecule has 0 radical (unpaired) electrons. The molecule has 0 spiro atoms. The summed E-state index contributed by atoms with van der Waals surface area (Å²) in [6.45, 7) is 0. The highest BCUT2D eigenvalue weighted by Gasteiger charge is 2.12. The van der Waals surface area contributed by atoms with Crippen molar-refractivity contribution in [1.29, 1.82) is 0 Å². The second-order valence-corrected chi connectivity index (χ2v) is 3.61. The Kier molecular flexibility index (Phi) is 3.09. The first-order chi connectivity index (χ1) is 8.58. The molecule has 0 saturated heterocycles. The van der Waals surface area contributed by atoms with Gasteiger partial charge in [-0.3, -0.25) is 9.59 Å². The van der Waals surface area contributed by atoms with Crippen LogP contribution in [0.15, 0.2) is 41.3 Å². The van der Waals surface area contributed by atoms with Crippen LogP contribution in [0, 0.1) is 5.82 Å². The number of aromatic nitrogens is 1. The van der Waals surface area contributed by atoms with Crippen LogP contribution >= 0.6 is 0 Å². The van der Waals surface area contributed by atoms with Gasteiger partial charge in [0.1, 0.15) is 11.4 Å². The number of benzene rings is 1. The van der Waals surface area contributed by atoms with E-state index in [2.05, 4.69) is 10.3 Å². The Bertz CT molecular complexity index is 652. The third kappa shape index (κ3) is 2.37. The number of H-pyrrole nitrogens is 1. The van der Waals surface area contributed by atoms with Gasteiger partial charge in [-0.25, -0.2) is 4.39 Å². The van der Waals surface area contributed by atoms with E-state index >= 15 is 0 Å².